The molecule has 0 bridgehead atoms. The fourth-order valence-electron chi connectivity index (χ4n) is 2.06. The van der Waals surface area contributed by atoms with Crippen LogP contribution >= 0.6 is 0 Å². The van der Waals surface area contributed by atoms with E-state index in [4.69, 9.17) is 9.84 Å². The molecule has 0 aliphatic rings. The van der Waals surface area contributed by atoms with Gasteiger partial charge in [0.1, 0.15) is 30.7 Å². The van der Waals surface area contributed by atoms with E-state index in [1.54, 1.807) is 26.0 Å². The first-order chi connectivity index (χ1) is 10.4. The van der Waals surface area contributed by atoms with Gasteiger partial charge in [0.15, 0.2) is 5.82 Å². The number of rotatable bonds is 6. The van der Waals surface area contributed by atoms with Crippen molar-refractivity contribution >= 4 is 11.8 Å². The lowest BCUT2D eigenvalue weighted by Gasteiger charge is -2.09. The molecule has 8 heteroatoms. The maximum absolute atomic E-state index is 11.2. The molecule has 2 aromatic rings. The Labute approximate surface area is 126 Å². The molecule has 1 heterocycles. The molecule has 0 amide bonds. The summed E-state index contributed by atoms with van der Waals surface area (Å²) in [6.45, 7) is 3.74. The molecule has 0 aliphatic heterocycles. The summed E-state index contributed by atoms with van der Waals surface area (Å²) in [7, 11) is 0. The van der Waals surface area contributed by atoms with Gasteiger partial charge in [-0.15, -0.1) is 0 Å². The molecule has 0 saturated carbocycles. The van der Waals surface area contributed by atoms with Gasteiger partial charge in [0, 0.05) is 6.92 Å². The van der Waals surface area contributed by atoms with Gasteiger partial charge in [0.05, 0.1) is 0 Å². The average molecular weight is 305 g/mol. The predicted molar refractivity (Wildman–Crippen MR) is 77.3 cm³/mol. The van der Waals surface area contributed by atoms with Gasteiger partial charge in [0.2, 0.25) is 0 Å². The smallest absolute Gasteiger partial charge is 0.342 e. The number of nitro groups is 1. The van der Waals surface area contributed by atoms with Crippen LogP contribution in [0.1, 0.15) is 21.7 Å². The molecule has 22 heavy (non-hydrogen) atoms. The van der Waals surface area contributed by atoms with Gasteiger partial charge >= 0.3 is 11.8 Å². The minimum atomic E-state index is -1.08. The highest BCUT2D eigenvalue weighted by atomic mass is 16.6. The lowest BCUT2D eigenvalue weighted by molar-refractivity contribution is -0.392. The number of nitrogens with zero attached hydrogens (tertiary/aromatic N) is 3. The number of carbonyl (C=O) groups is 1. The van der Waals surface area contributed by atoms with Crippen molar-refractivity contribution in [2.24, 2.45) is 0 Å². The monoisotopic (exact) mass is 305 g/mol. The van der Waals surface area contributed by atoms with Crippen molar-refractivity contribution in [2.75, 3.05) is 6.61 Å². The Bertz CT molecular complexity index is 723. The summed E-state index contributed by atoms with van der Waals surface area (Å²) in [5, 5.41) is 20.0. The number of carboxylic acids is 1. The van der Waals surface area contributed by atoms with Gasteiger partial charge < -0.3 is 20.0 Å². The summed E-state index contributed by atoms with van der Waals surface area (Å²) in [5.41, 5.74) is 0.877. The highest BCUT2D eigenvalue weighted by Crippen LogP contribution is 2.20. The zero-order valence-corrected chi connectivity index (χ0v) is 12.1. The first-order valence-electron chi connectivity index (χ1n) is 6.53. The molecule has 2 rings (SSSR count). The van der Waals surface area contributed by atoms with Crippen molar-refractivity contribution in [3.8, 4) is 5.75 Å². The summed E-state index contributed by atoms with van der Waals surface area (Å²) >= 11 is 0. The summed E-state index contributed by atoms with van der Waals surface area (Å²) in [4.78, 5) is 25.4. The van der Waals surface area contributed by atoms with Crippen LogP contribution in [0.3, 0.4) is 0 Å². The normalized spacial score (nSPS) is 10.5. The van der Waals surface area contributed by atoms with Crippen molar-refractivity contribution in [1.29, 1.82) is 0 Å². The lowest BCUT2D eigenvalue weighted by atomic mass is 10.1. The van der Waals surface area contributed by atoms with Crippen molar-refractivity contribution in [1.82, 2.24) is 9.55 Å². The first-order valence-corrected chi connectivity index (χ1v) is 6.53. The van der Waals surface area contributed by atoms with Crippen LogP contribution in [0.15, 0.2) is 24.4 Å². The molecule has 0 fully saturated rings. The molecule has 0 radical (unpaired) electrons. The molecule has 1 aromatic carbocycles. The number of ether oxygens (including phenoxy) is 1. The van der Waals surface area contributed by atoms with Crippen LogP contribution in [0.25, 0.3) is 0 Å². The summed E-state index contributed by atoms with van der Waals surface area (Å²) in [6, 6.07) is 4.84. The maximum atomic E-state index is 11.2. The number of carboxylic acid groups (broad SMARTS) is 1. The average Bonchev–Trinajstić information content (AvgIpc) is 2.82. The molecule has 0 atom stereocenters. The maximum Gasteiger partial charge on any atom is 0.342 e. The number of benzene rings is 1. The van der Waals surface area contributed by atoms with E-state index < -0.39 is 10.9 Å². The van der Waals surface area contributed by atoms with E-state index >= 15 is 0 Å². The Kier molecular flexibility index (Phi) is 4.40. The third-order valence-corrected chi connectivity index (χ3v) is 3.16. The molecule has 8 nitrogen and oxygen atoms in total. The van der Waals surface area contributed by atoms with E-state index in [1.165, 1.54) is 16.8 Å². The molecule has 1 N–H and O–H groups in total. The number of aromatic nitrogens is 2. The van der Waals surface area contributed by atoms with E-state index in [1.807, 2.05) is 0 Å². The first kappa shape index (κ1) is 15.5. The molecule has 0 aliphatic carbocycles. The van der Waals surface area contributed by atoms with Crippen LogP contribution in [-0.4, -0.2) is 32.2 Å². The Morgan fingerprint density at radius 1 is 1.45 bits per heavy atom. The summed E-state index contributed by atoms with van der Waals surface area (Å²) in [5.74, 6) is -0.469. The van der Waals surface area contributed by atoms with Crippen molar-refractivity contribution in [3.05, 3.63) is 51.5 Å². The van der Waals surface area contributed by atoms with E-state index in [-0.39, 0.29) is 30.3 Å². The summed E-state index contributed by atoms with van der Waals surface area (Å²) < 4.78 is 6.88. The highest BCUT2D eigenvalue weighted by Gasteiger charge is 2.18. The van der Waals surface area contributed by atoms with Gasteiger partial charge in [-0.3, -0.25) is 0 Å². The van der Waals surface area contributed by atoms with Crippen molar-refractivity contribution < 1.29 is 19.6 Å². The van der Waals surface area contributed by atoms with E-state index in [2.05, 4.69) is 4.98 Å². The molecule has 116 valence electrons. The SMILES string of the molecule is Cc1ccc(OCCn2c([N+](=O)[O-])cnc2C)c(C(=O)O)c1. The van der Waals surface area contributed by atoms with Gasteiger partial charge in [-0.1, -0.05) is 11.6 Å². The fourth-order valence-corrected chi connectivity index (χ4v) is 2.06. The minimum absolute atomic E-state index is 0.0665. The van der Waals surface area contributed by atoms with Crippen molar-refractivity contribution in [2.45, 2.75) is 20.4 Å². The van der Waals surface area contributed by atoms with Crippen LogP contribution in [0, 0.1) is 24.0 Å². The van der Waals surface area contributed by atoms with Crippen LogP contribution < -0.4 is 4.74 Å². The molecule has 0 saturated heterocycles. The van der Waals surface area contributed by atoms with Gasteiger partial charge in [0.25, 0.3) is 0 Å². The third-order valence-electron chi connectivity index (χ3n) is 3.16. The number of aromatic carboxylic acids is 1. The number of hydrogen-bond acceptors (Lipinski definition) is 5. The minimum Gasteiger partial charge on any atom is -0.489 e. The van der Waals surface area contributed by atoms with E-state index in [0.29, 0.717) is 5.82 Å². The molecular weight excluding hydrogens is 290 g/mol. The largest absolute Gasteiger partial charge is 0.489 e. The number of imidazole rings is 1. The summed E-state index contributed by atoms with van der Waals surface area (Å²) in [6.07, 6.45) is 1.18. The Balaban J connectivity index is 2.11. The Morgan fingerprint density at radius 3 is 2.82 bits per heavy atom. The topological polar surface area (TPSA) is 107 Å². The van der Waals surface area contributed by atoms with Gasteiger partial charge in [-0.25, -0.2) is 14.3 Å². The van der Waals surface area contributed by atoms with Crippen molar-refractivity contribution in [3.63, 3.8) is 0 Å². The van der Waals surface area contributed by atoms with Crippen LogP contribution in [0.4, 0.5) is 5.82 Å². The number of aryl methyl sites for hydroxylation is 2. The molecule has 0 unspecified atom stereocenters. The zero-order valence-electron chi connectivity index (χ0n) is 12.1. The van der Waals surface area contributed by atoms with Gasteiger partial charge in [-0.2, -0.15) is 0 Å². The van der Waals surface area contributed by atoms with Crippen LogP contribution in [0.5, 0.6) is 5.75 Å². The fraction of sp³-hybridized carbons (Fsp3) is 0.286. The molecule has 0 spiro atoms. The predicted octanol–water partition coefficient (Wildman–Crippen LogP) is 2.19. The van der Waals surface area contributed by atoms with E-state index in [0.717, 1.165) is 5.56 Å². The molecule has 1 aromatic heterocycles. The Morgan fingerprint density at radius 2 is 2.18 bits per heavy atom. The van der Waals surface area contributed by atoms with Gasteiger partial charge in [-0.05, 0) is 24.0 Å². The van der Waals surface area contributed by atoms with Crippen LogP contribution in [-0.2, 0) is 6.54 Å². The Hall–Kier alpha value is -2.90. The quantitative estimate of drug-likeness (QED) is 0.647. The highest BCUT2D eigenvalue weighted by molar-refractivity contribution is 5.91. The molecular formula is C14H15N3O5. The van der Waals surface area contributed by atoms with E-state index in [9.17, 15) is 14.9 Å². The van der Waals surface area contributed by atoms with Crippen LogP contribution in [0.2, 0.25) is 0 Å². The second kappa shape index (κ2) is 6.25. The second-order valence-electron chi connectivity index (χ2n) is 4.73. The zero-order chi connectivity index (χ0) is 16.3. The standard InChI is InChI=1S/C14H15N3O5/c1-9-3-4-12(11(7-9)14(18)19)22-6-5-16-10(2)15-8-13(16)17(20)21/h3-4,7-8H,5-6H2,1-2H3,(H,18,19). The second-order valence-corrected chi connectivity index (χ2v) is 4.73. The number of hydrogen-bond donors (Lipinski definition) is 1. The third kappa shape index (κ3) is 3.22. The lowest BCUT2D eigenvalue weighted by Crippen LogP contribution is -2.13.